The first kappa shape index (κ1) is 14.8. The van der Waals surface area contributed by atoms with Crippen molar-refractivity contribution in [1.82, 2.24) is 5.32 Å². The van der Waals surface area contributed by atoms with Crippen LogP contribution in [0.5, 0.6) is 0 Å². The monoisotopic (exact) mass is 253 g/mol. The summed E-state index contributed by atoms with van der Waals surface area (Å²) in [5.74, 6) is 0.808. The van der Waals surface area contributed by atoms with E-state index in [1.807, 2.05) is 12.1 Å². The van der Waals surface area contributed by atoms with Crippen LogP contribution in [0.1, 0.15) is 38.9 Å². The van der Waals surface area contributed by atoms with Gasteiger partial charge in [-0.3, -0.25) is 4.79 Å². The summed E-state index contributed by atoms with van der Waals surface area (Å²) < 4.78 is 10.3. The quantitative estimate of drug-likeness (QED) is 0.543. The Morgan fingerprint density at radius 3 is 3.06 bits per heavy atom. The molecular weight excluding hydrogens is 230 g/mol. The fourth-order valence-corrected chi connectivity index (χ4v) is 1.55. The van der Waals surface area contributed by atoms with Crippen molar-refractivity contribution in [2.24, 2.45) is 0 Å². The van der Waals surface area contributed by atoms with Gasteiger partial charge < -0.3 is 14.5 Å². The maximum absolute atomic E-state index is 11.4. The van der Waals surface area contributed by atoms with Gasteiger partial charge in [-0.15, -0.1) is 0 Å². The zero-order valence-electron chi connectivity index (χ0n) is 11.3. The number of aryl methyl sites for hydroxylation is 1. The molecule has 0 bridgehead atoms. The molecule has 1 heterocycles. The molecule has 1 unspecified atom stereocenters. The average Bonchev–Trinajstić information content (AvgIpc) is 2.87. The molecule has 0 amide bonds. The molecule has 1 aromatic rings. The van der Waals surface area contributed by atoms with E-state index in [0.29, 0.717) is 6.61 Å². The fourth-order valence-electron chi connectivity index (χ4n) is 1.55. The number of carbonyl (C=O) groups excluding carboxylic acids is 1. The van der Waals surface area contributed by atoms with Crippen molar-refractivity contribution in [2.45, 2.75) is 45.6 Å². The van der Waals surface area contributed by atoms with Gasteiger partial charge in [-0.1, -0.05) is 13.3 Å². The van der Waals surface area contributed by atoms with Crippen molar-refractivity contribution < 1.29 is 13.9 Å². The zero-order valence-corrected chi connectivity index (χ0v) is 11.3. The molecule has 0 aliphatic heterocycles. The molecule has 1 rings (SSSR count). The fraction of sp³-hybridized carbons (Fsp3) is 0.643. The van der Waals surface area contributed by atoms with Gasteiger partial charge >= 0.3 is 5.97 Å². The van der Waals surface area contributed by atoms with Crippen LogP contribution in [0.4, 0.5) is 0 Å². The maximum atomic E-state index is 11.4. The maximum Gasteiger partial charge on any atom is 0.319 e. The minimum Gasteiger partial charge on any atom is -0.469 e. The van der Waals surface area contributed by atoms with Gasteiger partial charge in [0.1, 0.15) is 5.76 Å². The van der Waals surface area contributed by atoms with Crippen LogP contribution in [0.2, 0.25) is 0 Å². The Kier molecular flexibility index (Phi) is 7.18. The topological polar surface area (TPSA) is 51.5 Å². The number of furan rings is 1. The first-order valence-corrected chi connectivity index (χ1v) is 6.63. The van der Waals surface area contributed by atoms with Crippen molar-refractivity contribution in [1.29, 1.82) is 0 Å². The van der Waals surface area contributed by atoms with Crippen molar-refractivity contribution in [3.8, 4) is 0 Å². The summed E-state index contributed by atoms with van der Waals surface area (Å²) in [5.41, 5.74) is 0. The van der Waals surface area contributed by atoms with E-state index in [1.165, 1.54) is 0 Å². The van der Waals surface area contributed by atoms with Gasteiger partial charge in [0.25, 0.3) is 0 Å². The molecule has 0 aliphatic rings. The van der Waals surface area contributed by atoms with Gasteiger partial charge in [-0.05, 0) is 31.9 Å². The lowest BCUT2D eigenvalue weighted by Gasteiger charge is -2.12. The van der Waals surface area contributed by atoms with E-state index in [2.05, 4.69) is 19.2 Å². The molecule has 4 nitrogen and oxygen atoms in total. The van der Waals surface area contributed by atoms with Gasteiger partial charge in [0, 0.05) is 12.5 Å². The molecule has 0 fully saturated rings. The third-order valence-electron chi connectivity index (χ3n) is 2.76. The minimum absolute atomic E-state index is 0.173. The third-order valence-corrected chi connectivity index (χ3v) is 2.76. The highest BCUT2D eigenvalue weighted by Crippen LogP contribution is 2.05. The summed E-state index contributed by atoms with van der Waals surface area (Å²) in [6.45, 7) is 4.94. The molecule has 0 aliphatic carbocycles. The molecular formula is C14H23NO3. The van der Waals surface area contributed by atoms with E-state index < -0.39 is 0 Å². The number of unbranched alkanes of at least 4 members (excludes halogenated alkanes) is 1. The van der Waals surface area contributed by atoms with Crippen LogP contribution in [0.3, 0.4) is 0 Å². The van der Waals surface area contributed by atoms with Crippen LogP contribution < -0.4 is 5.32 Å². The molecule has 0 spiro atoms. The lowest BCUT2D eigenvalue weighted by Crippen LogP contribution is -2.32. The summed E-state index contributed by atoms with van der Waals surface area (Å²) in [5, 5.41) is 3.16. The molecule has 0 saturated heterocycles. The van der Waals surface area contributed by atoms with Crippen LogP contribution >= 0.6 is 0 Å². The van der Waals surface area contributed by atoms with Gasteiger partial charge in [0.15, 0.2) is 0 Å². The van der Waals surface area contributed by atoms with E-state index in [-0.39, 0.29) is 18.6 Å². The molecule has 102 valence electrons. The van der Waals surface area contributed by atoms with E-state index in [9.17, 15) is 4.79 Å². The number of carbonyl (C=O) groups is 1. The molecule has 1 aromatic heterocycles. The van der Waals surface area contributed by atoms with Crippen LogP contribution in [-0.4, -0.2) is 25.2 Å². The van der Waals surface area contributed by atoms with Crippen molar-refractivity contribution >= 4 is 5.97 Å². The van der Waals surface area contributed by atoms with Crippen LogP contribution in [0.15, 0.2) is 22.8 Å². The lowest BCUT2D eigenvalue weighted by atomic mass is 10.1. The summed E-state index contributed by atoms with van der Waals surface area (Å²) in [4.78, 5) is 11.4. The second-order valence-electron chi connectivity index (χ2n) is 4.47. The summed E-state index contributed by atoms with van der Waals surface area (Å²) in [6, 6.07) is 4.12. The Morgan fingerprint density at radius 1 is 1.56 bits per heavy atom. The molecule has 0 aromatic carbocycles. The second-order valence-corrected chi connectivity index (χ2v) is 4.47. The summed E-state index contributed by atoms with van der Waals surface area (Å²) >= 11 is 0. The Bertz CT molecular complexity index is 322. The molecule has 4 heteroatoms. The smallest absolute Gasteiger partial charge is 0.319 e. The van der Waals surface area contributed by atoms with Crippen LogP contribution in [0, 0.1) is 0 Å². The van der Waals surface area contributed by atoms with Gasteiger partial charge in [0.2, 0.25) is 0 Å². The van der Waals surface area contributed by atoms with E-state index in [4.69, 9.17) is 9.15 Å². The zero-order chi connectivity index (χ0) is 13.2. The normalized spacial score (nSPS) is 12.3. The Morgan fingerprint density at radius 2 is 2.39 bits per heavy atom. The predicted octanol–water partition coefficient (Wildman–Crippen LogP) is 2.53. The van der Waals surface area contributed by atoms with Crippen molar-refractivity contribution in [3.05, 3.63) is 24.2 Å². The highest BCUT2D eigenvalue weighted by Gasteiger charge is 2.07. The number of ether oxygens (including phenoxy) is 1. The van der Waals surface area contributed by atoms with Crippen molar-refractivity contribution in [3.63, 3.8) is 0 Å². The van der Waals surface area contributed by atoms with Crippen molar-refractivity contribution in [2.75, 3.05) is 13.2 Å². The van der Waals surface area contributed by atoms with Crippen LogP contribution in [0.25, 0.3) is 0 Å². The van der Waals surface area contributed by atoms with E-state index >= 15 is 0 Å². The first-order chi connectivity index (χ1) is 8.72. The highest BCUT2D eigenvalue weighted by atomic mass is 16.5. The Balaban J connectivity index is 2.05. The molecule has 0 radical (unpaired) electrons. The standard InChI is InChI=1S/C14H23NO3/c1-3-4-9-18-14(16)11-15-12(2)7-8-13-6-5-10-17-13/h5-6,10,12,15H,3-4,7-9,11H2,1-2H3. The number of hydrogen-bond donors (Lipinski definition) is 1. The number of nitrogens with one attached hydrogen (secondary N) is 1. The molecule has 1 atom stereocenters. The SMILES string of the molecule is CCCCOC(=O)CNC(C)CCc1ccco1. The van der Waals surface area contributed by atoms with Gasteiger partial charge in [-0.25, -0.2) is 0 Å². The summed E-state index contributed by atoms with van der Waals surface area (Å²) in [7, 11) is 0. The number of rotatable bonds is 9. The van der Waals surface area contributed by atoms with Gasteiger partial charge in [0.05, 0.1) is 19.4 Å². The molecule has 1 N–H and O–H groups in total. The summed E-state index contributed by atoms with van der Waals surface area (Å²) in [6.07, 6.45) is 5.47. The number of esters is 1. The Labute approximate surface area is 109 Å². The lowest BCUT2D eigenvalue weighted by molar-refractivity contribution is -0.142. The minimum atomic E-state index is -0.173. The number of hydrogen-bond acceptors (Lipinski definition) is 4. The first-order valence-electron chi connectivity index (χ1n) is 6.63. The van der Waals surface area contributed by atoms with E-state index in [0.717, 1.165) is 31.4 Å². The highest BCUT2D eigenvalue weighted by molar-refractivity contribution is 5.71. The van der Waals surface area contributed by atoms with Gasteiger partial charge in [-0.2, -0.15) is 0 Å². The van der Waals surface area contributed by atoms with Crippen LogP contribution in [-0.2, 0) is 16.0 Å². The molecule has 18 heavy (non-hydrogen) atoms. The van der Waals surface area contributed by atoms with E-state index in [1.54, 1.807) is 6.26 Å². The third kappa shape index (κ3) is 6.45. The second kappa shape index (κ2) is 8.75. The Hall–Kier alpha value is -1.29. The largest absolute Gasteiger partial charge is 0.469 e. The average molecular weight is 253 g/mol. The molecule has 0 saturated carbocycles. The predicted molar refractivity (Wildman–Crippen MR) is 70.4 cm³/mol.